The van der Waals surface area contributed by atoms with E-state index >= 15 is 0 Å². The zero-order valence-electron chi connectivity index (χ0n) is 18.9. The van der Waals surface area contributed by atoms with Crippen molar-refractivity contribution in [2.24, 2.45) is 0 Å². The molecule has 0 aliphatic carbocycles. The fourth-order valence-corrected chi connectivity index (χ4v) is 5.75. The van der Waals surface area contributed by atoms with Gasteiger partial charge >= 0.3 is 12.1 Å². The van der Waals surface area contributed by atoms with Crippen molar-refractivity contribution in [2.75, 3.05) is 17.5 Å². The third-order valence-electron chi connectivity index (χ3n) is 5.83. The van der Waals surface area contributed by atoms with E-state index in [9.17, 15) is 35.2 Å². The Bertz CT molecular complexity index is 1420. The summed E-state index contributed by atoms with van der Waals surface area (Å²) in [6.07, 6.45) is -4.94. The lowest BCUT2D eigenvalue weighted by Gasteiger charge is -2.21. The highest BCUT2D eigenvalue weighted by Gasteiger charge is 2.39. The van der Waals surface area contributed by atoms with Crippen molar-refractivity contribution in [3.8, 4) is 11.1 Å². The van der Waals surface area contributed by atoms with Gasteiger partial charge in [0.1, 0.15) is 11.6 Å². The lowest BCUT2D eigenvalue weighted by molar-refractivity contribution is -0.143. The molecule has 11 heteroatoms. The van der Waals surface area contributed by atoms with Gasteiger partial charge in [0.2, 0.25) is 0 Å². The van der Waals surface area contributed by atoms with Gasteiger partial charge in [-0.25, -0.2) is 17.2 Å². The summed E-state index contributed by atoms with van der Waals surface area (Å²) in [5.41, 5.74) is -0.626. The second-order valence-corrected chi connectivity index (χ2v) is 10.0. The molecule has 0 bridgehead atoms. The molecule has 0 fully saturated rings. The van der Waals surface area contributed by atoms with Crippen LogP contribution < -0.4 is 4.31 Å². The Kier molecular flexibility index (Phi) is 6.78. The summed E-state index contributed by atoms with van der Waals surface area (Å²) in [5.74, 6) is -2.69. The molecule has 0 radical (unpaired) electrons. The van der Waals surface area contributed by atoms with Crippen molar-refractivity contribution in [1.82, 2.24) is 0 Å². The molecule has 4 rings (SSSR count). The Morgan fingerprint density at radius 3 is 2.50 bits per heavy atom. The topological polar surface area (TPSA) is 63.7 Å². The molecule has 1 unspecified atom stereocenters. The third-order valence-corrected chi connectivity index (χ3v) is 7.61. The number of sulfonamides is 1. The molecule has 1 heterocycles. The predicted molar refractivity (Wildman–Crippen MR) is 122 cm³/mol. The zero-order chi connectivity index (χ0) is 26.3. The number of nitrogens with zero attached hydrogens (tertiary/aromatic N) is 1. The Labute approximate surface area is 204 Å². The molecule has 0 saturated heterocycles. The maximum absolute atomic E-state index is 14.4. The Morgan fingerprint density at radius 2 is 1.81 bits per heavy atom. The zero-order valence-corrected chi connectivity index (χ0v) is 19.7. The van der Waals surface area contributed by atoms with E-state index in [1.54, 1.807) is 6.92 Å². The maximum atomic E-state index is 14.4. The van der Waals surface area contributed by atoms with Gasteiger partial charge in [-0.05, 0) is 60.5 Å². The highest BCUT2D eigenvalue weighted by atomic mass is 32.2. The number of benzene rings is 3. The van der Waals surface area contributed by atoms with E-state index in [2.05, 4.69) is 0 Å². The van der Waals surface area contributed by atoms with E-state index in [4.69, 9.17) is 4.74 Å². The third kappa shape index (κ3) is 4.92. The van der Waals surface area contributed by atoms with Crippen LogP contribution in [0.15, 0.2) is 65.6 Å². The van der Waals surface area contributed by atoms with Gasteiger partial charge in [0, 0.05) is 18.0 Å². The minimum Gasteiger partial charge on any atom is -0.466 e. The smallest absolute Gasteiger partial charge is 0.416 e. The van der Waals surface area contributed by atoms with E-state index in [-0.39, 0.29) is 36.4 Å². The van der Waals surface area contributed by atoms with Crippen molar-refractivity contribution < 1.29 is 39.9 Å². The molecule has 0 aromatic heterocycles. The lowest BCUT2D eigenvalue weighted by Crippen LogP contribution is -2.30. The lowest BCUT2D eigenvalue weighted by atomic mass is 9.95. The number of fused-ring (bicyclic) bond motifs is 1. The summed E-state index contributed by atoms with van der Waals surface area (Å²) in [5, 5.41) is 0. The van der Waals surface area contributed by atoms with Crippen LogP contribution in [0.25, 0.3) is 11.1 Å². The monoisotopic (exact) mass is 525 g/mol. The number of rotatable bonds is 6. The second-order valence-electron chi connectivity index (χ2n) is 8.17. The molecule has 0 N–H and O–H groups in total. The first-order chi connectivity index (χ1) is 16.9. The summed E-state index contributed by atoms with van der Waals surface area (Å²) in [4.78, 5) is 11.6. The van der Waals surface area contributed by atoms with Crippen molar-refractivity contribution in [3.63, 3.8) is 0 Å². The molecule has 190 valence electrons. The second kappa shape index (κ2) is 9.53. The van der Waals surface area contributed by atoms with E-state index in [0.717, 1.165) is 40.7 Å². The average Bonchev–Trinajstić information content (AvgIpc) is 3.18. The highest BCUT2D eigenvalue weighted by Crippen LogP contribution is 2.44. The molecule has 36 heavy (non-hydrogen) atoms. The van der Waals surface area contributed by atoms with Crippen molar-refractivity contribution in [3.05, 3.63) is 83.4 Å². The van der Waals surface area contributed by atoms with E-state index in [1.165, 1.54) is 18.2 Å². The van der Waals surface area contributed by atoms with E-state index in [0.29, 0.717) is 11.6 Å². The van der Waals surface area contributed by atoms with Gasteiger partial charge in [-0.15, -0.1) is 0 Å². The van der Waals surface area contributed by atoms with Gasteiger partial charge in [-0.2, -0.15) is 13.2 Å². The number of halogens is 5. The molecule has 1 aliphatic heterocycles. The molecule has 0 saturated carbocycles. The van der Waals surface area contributed by atoms with Gasteiger partial charge < -0.3 is 4.74 Å². The van der Waals surface area contributed by atoms with E-state index < -0.39 is 50.2 Å². The summed E-state index contributed by atoms with van der Waals surface area (Å²) in [6.45, 7) is 1.48. The van der Waals surface area contributed by atoms with Crippen molar-refractivity contribution in [2.45, 2.75) is 30.3 Å². The summed E-state index contributed by atoms with van der Waals surface area (Å²) in [7, 11) is -4.52. The molecule has 0 spiro atoms. The van der Waals surface area contributed by atoms with Crippen molar-refractivity contribution >= 4 is 21.7 Å². The Hall–Kier alpha value is -3.47. The van der Waals surface area contributed by atoms with Gasteiger partial charge in [-0.3, -0.25) is 9.10 Å². The van der Waals surface area contributed by atoms with Gasteiger partial charge in [0.15, 0.2) is 0 Å². The van der Waals surface area contributed by atoms with Crippen LogP contribution in [-0.2, 0) is 25.7 Å². The van der Waals surface area contributed by atoms with Gasteiger partial charge in [-0.1, -0.05) is 18.2 Å². The SMILES string of the molecule is CCOC(=O)CC1CN(S(=O)(=O)c2cccc(C(F)(F)F)c2)c2cc(-c3cc(F)ccc3F)ccc21. The maximum Gasteiger partial charge on any atom is 0.416 e. The van der Waals surface area contributed by atoms with Crippen LogP contribution in [-0.4, -0.2) is 27.5 Å². The molecule has 1 atom stereocenters. The first-order valence-corrected chi connectivity index (χ1v) is 12.3. The number of hydrogen-bond acceptors (Lipinski definition) is 4. The van der Waals surface area contributed by atoms with Crippen LogP contribution >= 0.6 is 0 Å². The fraction of sp³-hybridized carbons (Fsp3) is 0.240. The minimum absolute atomic E-state index is 0.0582. The number of esters is 1. The highest BCUT2D eigenvalue weighted by molar-refractivity contribution is 7.92. The minimum atomic E-state index is -4.76. The first kappa shape index (κ1) is 25.6. The standard InChI is InChI=1S/C25H20F5NO4S/c1-2-35-24(32)11-16-14-31(36(33,34)19-5-3-4-17(12-19)25(28,29)30)23-10-15(6-8-20(16)23)21-13-18(26)7-9-22(21)27/h3-10,12-13,16H,2,11,14H2,1H3. The molecular formula is C25H20F5NO4S. The molecular weight excluding hydrogens is 505 g/mol. The van der Waals surface area contributed by atoms with Crippen LogP contribution in [0.2, 0.25) is 0 Å². The quantitative estimate of drug-likeness (QED) is 0.297. The van der Waals surface area contributed by atoms with Crippen LogP contribution in [0, 0.1) is 11.6 Å². The number of anilines is 1. The average molecular weight is 525 g/mol. The number of carbonyl (C=O) groups excluding carboxylic acids is 1. The molecule has 1 aliphatic rings. The molecule has 0 amide bonds. The summed E-state index contributed by atoms with van der Waals surface area (Å²) >= 11 is 0. The predicted octanol–water partition coefficient (Wildman–Crippen LogP) is 5.90. The van der Waals surface area contributed by atoms with Crippen LogP contribution in [0.4, 0.5) is 27.6 Å². The van der Waals surface area contributed by atoms with Crippen LogP contribution in [0.5, 0.6) is 0 Å². The summed E-state index contributed by atoms with van der Waals surface area (Å²) in [6, 6.07) is 10.4. The first-order valence-electron chi connectivity index (χ1n) is 10.9. The van der Waals surface area contributed by atoms with Gasteiger partial charge in [0.25, 0.3) is 10.0 Å². The molecule has 3 aromatic rings. The van der Waals surface area contributed by atoms with Crippen LogP contribution in [0.3, 0.4) is 0 Å². The molecule has 3 aromatic carbocycles. The van der Waals surface area contributed by atoms with Crippen LogP contribution in [0.1, 0.15) is 30.4 Å². The summed E-state index contributed by atoms with van der Waals surface area (Å²) < 4.78 is 101. The normalized spacial score (nSPS) is 15.6. The number of carbonyl (C=O) groups is 1. The number of alkyl halides is 3. The Morgan fingerprint density at radius 1 is 1.06 bits per heavy atom. The Balaban J connectivity index is 1.83. The number of hydrogen-bond donors (Lipinski definition) is 0. The fourth-order valence-electron chi connectivity index (χ4n) is 4.17. The van der Waals surface area contributed by atoms with Gasteiger partial charge in [0.05, 0.1) is 29.2 Å². The van der Waals surface area contributed by atoms with E-state index in [1.807, 2.05) is 0 Å². The van der Waals surface area contributed by atoms with Crippen molar-refractivity contribution in [1.29, 1.82) is 0 Å². The largest absolute Gasteiger partial charge is 0.466 e. The number of ether oxygens (including phenoxy) is 1. The molecule has 5 nitrogen and oxygen atoms in total.